The Morgan fingerprint density at radius 3 is 1.82 bits per heavy atom. The van der Waals surface area contributed by atoms with Gasteiger partial charge in [0.05, 0.1) is 42.2 Å². The smallest absolute Gasteiger partial charge is 0.338 e. The van der Waals surface area contributed by atoms with Crippen molar-refractivity contribution in [3.63, 3.8) is 0 Å². The van der Waals surface area contributed by atoms with Crippen molar-refractivity contribution >= 4 is 28.6 Å². The zero-order valence-corrected chi connectivity index (χ0v) is 24.9. The minimum absolute atomic E-state index is 0.267. The van der Waals surface area contributed by atoms with Crippen LogP contribution in [0.5, 0.6) is 11.5 Å². The van der Waals surface area contributed by atoms with Crippen molar-refractivity contribution in [2.24, 2.45) is 0 Å². The molecule has 9 nitrogen and oxygen atoms in total. The highest BCUT2D eigenvalue weighted by Gasteiger charge is 2.23. The highest BCUT2D eigenvalue weighted by atomic mass is 19.1. The van der Waals surface area contributed by atoms with Crippen molar-refractivity contribution in [3.8, 4) is 34.0 Å². The van der Waals surface area contributed by atoms with Crippen LogP contribution in [0.1, 0.15) is 10.4 Å². The SMILES string of the molecule is COc1ccc(-c2nc3ccc(C(=O)OCC(=O)N4CCN(c5ccc(F)cc5)CC4)cc3nc2-c2ccc(OC)cc2)cc1. The number of carbonyl (C=O) groups is 2. The molecule has 1 amide bonds. The van der Waals surface area contributed by atoms with Crippen LogP contribution in [0.25, 0.3) is 33.5 Å². The first-order chi connectivity index (χ1) is 21.9. The minimum atomic E-state index is -0.623. The maximum Gasteiger partial charge on any atom is 0.338 e. The number of methoxy groups -OCH3 is 2. The predicted molar refractivity (Wildman–Crippen MR) is 169 cm³/mol. The molecule has 0 aliphatic carbocycles. The van der Waals surface area contributed by atoms with Crippen LogP contribution in [-0.4, -0.2) is 73.7 Å². The number of rotatable bonds is 8. The first kappa shape index (κ1) is 29.6. The third kappa shape index (κ3) is 6.54. The number of fused-ring (bicyclic) bond motifs is 1. The van der Waals surface area contributed by atoms with E-state index in [1.54, 1.807) is 49.5 Å². The van der Waals surface area contributed by atoms with Gasteiger partial charge in [-0.3, -0.25) is 4.79 Å². The van der Waals surface area contributed by atoms with Gasteiger partial charge in [-0.2, -0.15) is 0 Å². The Labute approximate surface area is 259 Å². The molecule has 1 aliphatic heterocycles. The van der Waals surface area contributed by atoms with Crippen LogP contribution in [0, 0.1) is 5.82 Å². The molecule has 0 N–H and O–H groups in total. The fraction of sp³-hybridized carbons (Fsp3) is 0.200. The lowest BCUT2D eigenvalue weighted by atomic mass is 10.0. The summed E-state index contributed by atoms with van der Waals surface area (Å²) in [4.78, 5) is 39.4. The van der Waals surface area contributed by atoms with E-state index >= 15 is 0 Å². The zero-order valence-electron chi connectivity index (χ0n) is 24.9. The molecule has 0 radical (unpaired) electrons. The monoisotopic (exact) mass is 606 g/mol. The number of anilines is 1. The highest BCUT2D eigenvalue weighted by Crippen LogP contribution is 2.33. The van der Waals surface area contributed by atoms with Gasteiger partial charge >= 0.3 is 5.97 Å². The summed E-state index contributed by atoms with van der Waals surface area (Å²) in [5, 5.41) is 0. The number of halogens is 1. The van der Waals surface area contributed by atoms with Crippen molar-refractivity contribution in [1.82, 2.24) is 14.9 Å². The molecular formula is C35H31FN4O5. The summed E-state index contributed by atoms with van der Waals surface area (Å²) in [5.74, 6) is 0.264. The Hall–Kier alpha value is -5.51. The summed E-state index contributed by atoms with van der Waals surface area (Å²) < 4.78 is 29.3. The molecule has 1 aliphatic rings. The van der Waals surface area contributed by atoms with Crippen LogP contribution < -0.4 is 14.4 Å². The quantitative estimate of drug-likeness (QED) is 0.210. The van der Waals surface area contributed by atoms with E-state index in [0.717, 1.165) is 22.6 Å². The number of hydrogen-bond donors (Lipinski definition) is 0. The number of amides is 1. The van der Waals surface area contributed by atoms with Crippen molar-refractivity contribution in [3.05, 3.63) is 102 Å². The van der Waals surface area contributed by atoms with Crippen molar-refractivity contribution in [2.45, 2.75) is 0 Å². The maximum atomic E-state index is 13.3. The van der Waals surface area contributed by atoms with Gasteiger partial charge in [0.15, 0.2) is 6.61 Å². The summed E-state index contributed by atoms with van der Waals surface area (Å²) in [6, 6.07) is 26.4. The molecule has 0 saturated carbocycles. The van der Waals surface area contributed by atoms with E-state index in [9.17, 15) is 14.0 Å². The summed E-state index contributed by atoms with van der Waals surface area (Å²) >= 11 is 0. The van der Waals surface area contributed by atoms with E-state index in [1.807, 2.05) is 48.5 Å². The van der Waals surface area contributed by atoms with Gasteiger partial charge in [0.2, 0.25) is 0 Å². The molecule has 2 heterocycles. The van der Waals surface area contributed by atoms with Crippen molar-refractivity contribution in [2.75, 3.05) is 51.9 Å². The summed E-state index contributed by atoms with van der Waals surface area (Å²) in [5.41, 5.74) is 5.28. The molecular weight excluding hydrogens is 575 g/mol. The van der Waals surface area contributed by atoms with Crippen LogP contribution in [0.15, 0.2) is 91.0 Å². The number of aromatic nitrogens is 2. The van der Waals surface area contributed by atoms with Crippen LogP contribution in [0.2, 0.25) is 0 Å². The lowest BCUT2D eigenvalue weighted by molar-refractivity contribution is -0.134. The Morgan fingerprint density at radius 2 is 1.27 bits per heavy atom. The van der Waals surface area contributed by atoms with Gasteiger partial charge in [0.1, 0.15) is 17.3 Å². The van der Waals surface area contributed by atoms with Gasteiger partial charge in [0, 0.05) is 43.0 Å². The molecule has 4 aromatic carbocycles. The van der Waals surface area contributed by atoms with Gasteiger partial charge in [-0.15, -0.1) is 0 Å². The number of nitrogens with zero attached hydrogens (tertiary/aromatic N) is 4. The summed E-state index contributed by atoms with van der Waals surface area (Å²) in [7, 11) is 3.22. The van der Waals surface area contributed by atoms with Crippen LogP contribution in [0.3, 0.4) is 0 Å². The number of benzene rings is 4. The largest absolute Gasteiger partial charge is 0.497 e. The van der Waals surface area contributed by atoms with Gasteiger partial charge in [-0.25, -0.2) is 19.2 Å². The van der Waals surface area contributed by atoms with Gasteiger partial charge < -0.3 is 24.0 Å². The molecule has 0 spiro atoms. The van der Waals surface area contributed by atoms with Crippen molar-refractivity contribution in [1.29, 1.82) is 0 Å². The number of carbonyl (C=O) groups excluding carboxylic acids is 2. The third-order valence-electron chi connectivity index (χ3n) is 7.78. The lowest BCUT2D eigenvalue weighted by Crippen LogP contribution is -2.49. The summed E-state index contributed by atoms with van der Waals surface area (Å²) in [6.07, 6.45) is 0. The van der Waals surface area contributed by atoms with E-state index < -0.39 is 5.97 Å². The Morgan fingerprint density at radius 1 is 0.711 bits per heavy atom. The topological polar surface area (TPSA) is 94.1 Å². The van der Waals surface area contributed by atoms with Crippen LogP contribution in [-0.2, 0) is 9.53 Å². The molecule has 0 unspecified atom stereocenters. The molecule has 1 saturated heterocycles. The molecule has 6 rings (SSSR count). The maximum absolute atomic E-state index is 13.3. The fourth-order valence-electron chi connectivity index (χ4n) is 5.25. The Balaban J connectivity index is 1.18. The zero-order chi connectivity index (χ0) is 31.3. The Kier molecular flexibility index (Phi) is 8.54. The average molecular weight is 607 g/mol. The first-order valence-electron chi connectivity index (χ1n) is 14.5. The standard InChI is InChI=1S/C35H31FN4O5/c1-43-28-12-3-23(4-13-28)33-34(24-5-14-29(44-2)15-6-24)38-31-21-25(7-16-30(31)37-33)35(42)45-22-32(41)40-19-17-39(18-20-40)27-10-8-26(36)9-11-27/h3-16,21H,17-20,22H2,1-2H3. The molecule has 0 bridgehead atoms. The fourth-order valence-corrected chi connectivity index (χ4v) is 5.25. The first-order valence-corrected chi connectivity index (χ1v) is 14.5. The molecule has 1 fully saturated rings. The number of ether oxygens (including phenoxy) is 3. The van der Waals surface area contributed by atoms with Crippen LogP contribution >= 0.6 is 0 Å². The average Bonchev–Trinajstić information content (AvgIpc) is 3.10. The molecule has 45 heavy (non-hydrogen) atoms. The third-order valence-corrected chi connectivity index (χ3v) is 7.78. The predicted octanol–water partition coefficient (Wildman–Crippen LogP) is 5.63. The molecule has 10 heteroatoms. The normalized spacial score (nSPS) is 13.0. The number of piperazine rings is 1. The van der Waals surface area contributed by atoms with E-state index in [4.69, 9.17) is 24.2 Å². The van der Waals surface area contributed by atoms with Crippen molar-refractivity contribution < 1.29 is 28.2 Å². The summed E-state index contributed by atoms with van der Waals surface area (Å²) in [6.45, 7) is 1.79. The molecule has 0 atom stereocenters. The van der Waals surface area contributed by atoms with E-state index in [0.29, 0.717) is 54.3 Å². The van der Waals surface area contributed by atoms with Gasteiger partial charge in [-0.05, 0) is 91.0 Å². The molecule has 228 valence electrons. The number of hydrogen-bond acceptors (Lipinski definition) is 8. The number of esters is 1. The van der Waals surface area contributed by atoms with E-state index in [-0.39, 0.29) is 23.9 Å². The van der Waals surface area contributed by atoms with E-state index in [2.05, 4.69) is 4.90 Å². The highest BCUT2D eigenvalue weighted by molar-refractivity contribution is 5.96. The molecule has 5 aromatic rings. The van der Waals surface area contributed by atoms with Gasteiger partial charge in [0.25, 0.3) is 5.91 Å². The lowest BCUT2D eigenvalue weighted by Gasteiger charge is -2.36. The second-order valence-corrected chi connectivity index (χ2v) is 10.5. The minimum Gasteiger partial charge on any atom is -0.497 e. The van der Waals surface area contributed by atoms with Gasteiger partial charge in [-0.1, -0.05) is 0 Å². The van der Waals surface area contributed by atoms with Crippen LogP contribution in [0.4, 0.5) is 10.1 Å². The second kappa shape index (κ2) is 13.0. The Bertz CT molecular complexity index is 1820. The molecule has 1 aromatic heterocycles. The van der Waals surface area contributed by atoms with E-state index in [1.165, 1.54) is 12.1 Å². The second-order valence-electron chi connectivity index (χ2n) is 10.5.